The Morgan fingerprint density at radius 3 is 2.55 bits per heavy atom. The van der Waals surface area contributed by atoms with Crippen LogP contribution in [0.15, 0.2) is 66.4 Å². The molecule has 1 aliphatic rings. The molecule has 1 heterocycles. The maximum atomic E-state index is 13.3. The summed E-state index contributed by atoms with van der Waals surface area (Å²) in [5.74, 6) is -0.240. The van der Waals surface area contributed by atoms with Gasteiger partial charge in [-0.3, -0.25) is 0 Å². The summed E-state index contributed by atoms with van der Waals surface area (Å²) in [6.45, 7) is 4.47. The SMILES string of the molecule is CO[C@H](CCc1ccccc1)C1(C)Cc2cnn(-c3ccc(F)cc3)c2C=C1C. The number of fused-ring (bicyclic) bond motifs is 1. The number of halogens is 1. The van der Waals surface area contributed by atoms with E-state index in [1.807, 2.05) is 24.1 Å². The number of benzene rings is 2. The highest BCUT2D eigenvalue weighted by atomic mass is 19.1. The van der Waals surface area contributed by atoms with Gasteiger partial charge in [0, 0.05) is 12.5 Å². The lowest BCUT2D eigenvalue weighted by atomic mass is 9.69. The van der Waals surface area contributed by atoms with Gasteiger partial charge in [-0.2, -0.15) is 5.10 Å². The molecule has 0 amide bonds. The van der Waals surface area contributed by atoms with Crippen LogP contribution in [-0.4, -0.2) is 23.0 Å². The number of methoxy groups -OCH3 is 1. The summed E-state index contributed by atoms with van der Waals surface area (Å²) < 4.78 is 21.2. The van der Waals surface area contributed by atoms with Crippen molar-refractivity contribution in [2.45, 2.75) is 39.2 Å². The Bertz CT molecular complexity index is 1010. The highest BCUT2D eigenvalue weighted by Crippen LogP contribution is 2.43. The van der Waals surface area contributed by atoms with Crippen molar-refractivity contribution in [3.8, 4) is 5.69 Å². The van der Waals surface area contributed by atoms with Crippen LogP contribution in [0.4, 0.5) is 4.39 Å². The number of aromatic nitrogens is 2. The van der Waals surface area contributed by atoms with Crippen LogP contribution in [0.5, 0.6) is 0 Å². The van der Waals surface area contributed by atoms with Crippen molar-refractivity contribution in [1.82, 2.24) is 9.78 Å². The van der Waals surface area contributed by atoms with Gasteiger partial charge >= 0.3 is 0 Å². The maximum absolute atomic E-state index is 13.3. The molecule has 2 atom stereocenters. The number of ether oxygens (including phenoxy) is 1. The van der Waals surface area contributed by atoms with Gasteiger partial charge in [0.25, 0.3) is 0 Å². The largest absolute Gasteiger partial charge is 0.381 e. The summed E-state index contributed by atoms with van der Waals surface area (Å²) in [5.41, 5.74) is 5.67. The van der Waals surface area contributed by atoms with Crippen molar-refractivity contribution < 1.29 is 9.13 Å². The molecule has 3 nitrogen and oxygen atoms in total. The molecule has 0 bridgehead atoms. The Morgan fingerprint density at radius 1 is 1.14 bits per heavy atom. The average Bonchev–Trinajstić information content (AvgIpc) is 3.12. The predicted octanol–water partition coefficient (Wildman–Crippen LogP) is 5.62. The van der Waals surface area contributed by atoms with Gasteiger partial charge in [0.1, 0.15) is 5.82 Å². The topological polar surface area (TPSA) is 27.1 Å². The average molecular weight is 391 g/mol. The van der Waals surface area contributed by atoms with Gasteiger partial charge in [-0.25, -0.2) is 9.07 Å². The number of aryl methyl sites for hydroxylation is 1. The zero-order valence-electron chi connectivity index (χ0n) is 17.2. The second kappa shape index (κ2) is 7.96. The van der Waals surface area contributed by atoms with Gasteiger partial charge in [0.2, 0.25) is 0 Å². The minimum absolute atomic E-state index is 0.0901. The first kappa shape index (κ1) is 19.6. The van der Waals surface area contributed by atoms with E-state index in [1.165, 1.54) is 28.8 Å². The van der Waals surface area contributed by atoms with Gasteiger partial charge in [0.15, 0.2) is 0 Å². The Balaban J connectivity index is 1.59. The minimum atomic E-state index is -0.240. The van der Waals surface area contributed by atoms with Crippen LogP contribution in [0, 0.1) is 11.2 Å². The molecule has 0 fully saturated rings. The fraction of sp³-hybridized carbons (Fsp3) is 0.320. The van der Waals surface area contributed by atoms with Gasteiger partial charge < -0.3 is 4.74 Å². The molecule has 0 aliphatic heterocycles. The first-order chi connectivity index (χ1) is 14.0. The van der Waals surface area contributed by atoms with Crippen LogP contribution in [0.1, 0.15) is 37.1 Å². The number of rotatable bonds is 6. The lowest BCUT2D eigenvalue weighted by Gasteiger charge is -2.40. The first-order valence-electron chi connectivity index (χ1n) is 10.1. The van der Waals surface area contributed by atoms with Crippen molar-refractivity contribution >= 4 is 6.08 Å². The van der Waals surface area contributed by atoms with Crippen molar-refractivity contribution in [2.75, 3.05) is 7.11 Å². The molecule has 4 rings (SSSR count). The smallest absolute Gasteiger partial charge is 0.123 e. The van der Waals surface area contributed by atoms with E-state index in [4.69, 9.17) is 4.74 Å². The molecule has 0 saturated carbocycles. The highest BCUT2D eigenvalue weighted by molar-refractivity contribution is 5.60. The highest BCUT2D eigenvalue weighted by Gasteiger charge is 2.39. The monoisotopic (exact) mass is 390 g/mol. The Morgan fingerprint density at radius 2 is 1.86 bits per heavy atom. The summed E-state index contributed by atoms with van der Waals surface area (Å²) in [6, 6.07) is 17.0. The van der Waals surface area contributed by atoms with Crippen LogP contribution in [0.3, 0.4) is 0 Å². The fourth-order valence-corrected chi connectivity index (χ4v) is 4.38. The summed E-state index contributed by atoms with van der Waals surface area (Å²) in [6.07, 6.45) is 7.08. The maximum Gasteiger partial charge on any atom is 0.123 e. The summed E-state index contributed by atoms with van der Waals surface area (Å²) in [4.78, 5) is 0. The Kier molecular flexibility index (Phi) is 5.37. The van der Waals surface area contributed by atoms with E-state index < -0.39 is 0 Å². The van der Waals surface area contributed by atoms with Gasteiger partial charge in [0.05, 0.1) is 23.7 Å². The van der Waals surface area contributed by atoms with Gasteiger partial charge in [-0.15, -0.1) is 0 Å². The fourth-order valence-electron chi connectivity index (χ4n) is 4.38. The normalized spacial score (nSPS) is 19.5. The third-order valence-corrected chi connectivity index (χ3v) is 6.30. The van der Waals surface area contributed by atoms with Crippen molar-refractivity contribution in [3.63, 3.8) is 0 Å². The van der Waals surface area contributed by atoms with E-state index in [9.17, 15) is 4.39 Å². The third kappa shape index (κ3) is 3.77. The van der Waals surface area contributed by atoms with E-state index in [1.54, 1.807) is 12.1 Å². The zero-order chi connectivity index (χ0) is 20.4. The van der Waals surface area contributed by atoms with Crippen LogP contribution in [-0.2, 0) is 17.6 Å². The molecule has 29 heavy (non-hydrogen) atoms. The Hall–Kier alpha value is -2.72. The lowest BCUT2D eigenvalue weighted by Crippen LogP contribution is -2.39. The van der Waals surface area contributed by atoms with E-state index in [0.717, 1.165) is 30.6 Å². The molecule has 0 saturated heterocycles. The Labute approximate surface area is 171 Å². The molecule has 1 aliphatic carbocycles. The van der Waals surface area contributed by atoms with Gasteiger partial charge in [-0.1, -0.05) is 42.8 Å². The van der Waals surface area contributed by atoms with E-state index >= 15 is 0 Å². The molecular weight excluding hydrogens is 363 g/mol. The standard InChI is InChI=1S/C25H27FN2O/c1-18-15-23-20(17-27-28(23)22-12-10-21(26)11-13-22)16-25(18,2)24(29-3)14-9-19-7-5-4-6-8-19/h4-8,10-13,15,17,24H,9,14,16H2,1-3H3/t24-,25?/m1/s1. The molecule has 1 aromatic heterocycles. The second-order valence-electron chi connectivity index (χ2n) is 8.11. The van der Waals surface area contributed by atoms with Crippen LogP contribution in [0.2, 0.25) is 0 Å². The van der Waals surface area contributed by atoms with Crippen LogP contribution in [0.25, 0.3) is 11.8 Å². The first-order valence-corrected chi connectivity index (χ1v) is 10.1. The van der Waals surface area contributed by atoms with E-state index in [2.05, 4.69) is 49.3 Å². The lowest BCUT2D eigenvalue weighted by molar-refractivity contribution is 0.0106. The number of nitrogens with zero attached hydrogens (tertiary/aromatic N) is 2. The quantitative estimate of drug-likeness (QED) is 0.546. The second-order valence-corrected chi connectivity index (χ2v) is 8.11. The molecule has 2 aromatic carbocycles. The summed E-state index contributed by atoms with van der Waals surface area (Å²) in [7, 11) is 1.81. The van der Waals surface area contributed by atoms with Crippen LogP contribution >= 0.6 is 0 Å². The molecule has 0 spiro atoms. The molecule has 4 heteroatoms. The summed E-state index contributed by atoms with van der Waals surface area (Å²) >= 11 is 0. The van der Waals surface area contributed by atoms with Crippen molar-refractivity contribution in [2.24, 2.45) is 5.41 Å². The van der Waals surface area contributed by atoms with Crippen molar-refractivity contribution in [1.29, 1.82) is 0 Å². The van der Waals surface area contributed by atoms with E-state index in [0.29, 0.717) is 0 Å². The predicted molar refractivity (Wildman–Crippen MR) is 115 cm³/mol. The molecule has 0 radical (unpaired) electrons. The molecule has 1 unspecified atom stereocenters. The summed E-state index contributed by atoms with van der Waals surface area (Å²) in [5, 5.41) is 4.59. The molecular formula is C25H27FN2O. The number of hydrogen-bond donors (Lipinski definition) is 0. The number of hydrogen-bond acceptors (Lipinski definition) is 2. The minimum Gasteiger partial charge on any atom is -0.381 e. The van der Waals surface area contributed by atoms with Gasteiger partial charge in [-0.05, 0) is 67.7 Å². The van der Waals surface area contributed by atoms with Crippen molar-refractivity contribution in [3.05, 3.63) is 89.0 Å². The zero-order valence-corrected chi connectivity index (χ0v) is 17.2. The van der Waals surface area contributed by atoms with Crippen LogP contribution < -0.4 is 0 Å². The molecule has 3 aromatic rings. The third-order valence-electron chi connectivity index (χ3n) is 6.30. The molecule has 0 N–H and O–H groups in total. The van der Waals surface area contributed by atoms with E-state index in [-0.39, 0.29) is 17.3 Å². The molecule has 150 valence electrons.